The Hall–Kier alpha value is -1.59. The maximum absolute atomic E-state index is 11.9. The van der Waals surface area contributed by atoms with Gasteiger partial charge in [0.25, 0.3) is 0 Å². The third kappa shape index (κ3) is 4.51. The summed E-state index contributed by atoms with van der Waals surface area (Å²) < 4.78 is 0. The quantitative estimate of drug-likeness (QED) is 0.846. The van der Waals surface area contributed by atoms with Crippen molar-refractivity contribution < 1.29 is 14.7 Å². The van der Waals surface area contributed by atoms with Gasteiger partial charge in [-0.25, -0.2) is 0 Å². The number of hydrogen-bond donors (Lipinski definition) is 2. The van der Waals surface area contributed by atoms with Crippen molar-refractivity contribution in [2.45, 2.75) is 26.3 Å². The van der Waals surface area contributed by atoms with Gasteiger partial charge in [-0.3, -0.25) is 14.5 Å². The Morgan fingerprint density at radius 1 is 1.45 bits per heavy atom. The van der Waals surface area contributed by atoms with Gasteiger partial charge in [-0.2, -0.15) is 0 Å². The number of carbonyl (C=O) groups is 2. The molecule has 0 aliphatic rings. The summed E-state index contributed by atoms with van der Waals surface area (Å²) in [6, 6.07) is 4.56. The van der Waals surface area contributed by atoms with E-state index < -0.39 is 12.0 Å². The van der Waals surface area contributed by atoms with E-state index in [0.29, 0.717) is 17.1 Å². The van der Waals surface area contributed by atoms with Gasteiger partial charge in [0, 0.05) is 10.7 Å². The zero-order chi connectivity index (χ0) is 15.3. The van der Waals surface area contributed by atoms with Gasteiger partial charge in [-0.15, -0.1) is 0 Å². The highest BCUT2D eigenvalue weighted by Crippen LogP contribution is 2.20. The summed E-state index contributed by atoms with van der Waals surface area (Å²) in [6.45, 7) is 3.65. The summed E-state index contributed by atoms with van der Waals surface area (Å²) in [5.41, 5.74) is 1.54. The molecule has 0 aromatic heterocycles. The number of carboxylic acid groups (broad SMARTS) is 1. The van der Waals surface area contributed by atoms with Crippen molar-refractivity contribution >= 4 is 29.2 Å². The average molecular weight is 299 g/mol. The molecule has 1 aromatic carbocycles. The molecule has 0 fully saturated rings. The van der Waals surface area contributed by atoms with Crippen molar-refractivity contribution in [2.75, 3.05) is 18.9 Å². The van der Waals surface area contributed by atoms with Gasteiger partial charge < -0.3 is 10.4 Å². The molecule has 0 radical (unpaired) electrons. The SMILES string of the molecule is CCC(C(=O)O)N(C)CC(=O)Nc1cc(Cl)ccc1C. The van der Waals surface area contributed by atoms with Crippen LogP contribution < -0.4 is 5.32 Å². The molecule has 5 nitrogen and oxygen atoms in total. The molecule has 0 saturated heterocycles. The fourth-order valence-electron chi connectivity index (χ4n) is 1.93. The van der Waals surface area contributed by atoms with E-state index in [9.17, 15) is 9.59 Å². The average Bonchev–Trinajstić information content (AvgIpc) is 2.34. The first-order valence-electron chi connectivity index (χ1n) is 6.34. The van der Waals surface area contributed by atoms with Gasteiger partial charge in [-0.05, 0) is 38.1 Å². The zero-order valence-corrected chi connectivity index (χ0v) is 12.6. The van der Waals surface area contributed by atoms with Crippen molar-refractivity contribution in [1.82, 2.24) is 4.90 Å². The summed E-state index contributed by atoms with van der Waals surface area (Å²) in [6.07, 6.45) is 0.440. The van der Waals surface area contributed by atoms with Crippen LogP contribution >= 0.6 is 11.6 Å². The second-order valence-corrected chi connectivity index (χ2v) is 5.12. The standard InChI is InChI=1S/C14H19ClN2O3/c1-4-12(14(19)20)17(3)8-13(18)16-11-7-10(15)6-5-9(11)2/h5-7,12H,4,8H2,1-3H3,(H,16,18)(H,19,20). The van der Waals surface area contributed by atoms with Crippen molar-refractivity contribution in [1.29, 1.82) is 0 Å². The number of likely N-dealkylation sites (N-methyl/N-ethyl adjacent to an activating group) is 1. The minimum atomic E-state index is -0.929. The molecule has 0 aliphatic heterocycles. The summed E-state index contributed by atoms with van der Waals surface area (Å²) in [5.74, 6) is -1.20. The molecule has 1 atom stereocenters. The molecular formula is C14H19ClN2O3. The summed E-state index contributed by atoms with van der Waals surface area (Å²) >= 11 is 5.88. The Morgan fingerprint density at radius 3 is 2.65 bits per heavy atom. The zero-order valence-electron chi connectivity index (χ0n) is 11.8. The van der Waals surface area contributed by atoms with Crippen LogP contribution in [0.15, 0.2) is 18.2 Å². The third-order valence-electron chi connectivity index (χ3n) is 3.07. The van der Waals surface area contributed by atoms with Crippen molar-refractivity contribution in [2.24, 2.45) is 0 Å². The first-order chi connectivity index (χ1) is 9.35. The lowest BCUT2D eigenvalue weighted by molar-refractivity contribution is -0.143. The van der Waals surface area contributed by atoms with Gasteiger partial charge in [-0.1, -0.05) is 24.6 Å². The molecule has 1 unspecified atom stereocenters. The number of carbonyl (C=O) groups excluding carboxylic acids is 1. The number of amides is 1. The number of aliphatic carboxylic acids is 1. The Balaban J connectivity index is 2.68. The first kappa shape index (κ1) is 16.5. The monoisotopic (exact) mass is 298 g/mol. The maximum Gasteiger partial charge on any atom is 0.320 e. The molecule has 20 heavy (non-hydrogen) atoms. The van der Waals surface area contributed by atoms with Crippen molar-refractivity contribution in [3.05, 3.63) is 28.8 Å². The Kier molecular flexibility index (Phi) is 5.98. The molecule has 0 aliphatic carbocycles. The van der Waals surface area contributed by atoms with E-state index in [-0.39, 0.29) is 12.5 Å². The van der Waals surface area contributed by atoms with Crippen LogP contribution in [0.2, 0.25) is 5.02 Å². The molecule has 0 saturated carbocycles. The van der Waals surface area contributed by atoms with Gasteiger partial charge in [0.2, 0.25) is 5.91 Å². The van der Waals surface area contributed by atoms with E-state index in [1.54, 1.807) is 26.1 Å². The third-order valence-corrected chi connectivity index (χ3v) is 3.31. The Morgan fingerprint density at radius 2 is 2.10 bits per heavy atom. The Bertz CT molecular complexity index is 505. The molecule has 0 spiro atoms. The van der Waals surface area contributed by atoms with Crippen molar-refractivity contribution in [3.8, 4) is 0 Å². The second kappa shape index (κ2) is 7.26. The largest absolute Gasteiger partial charge is 0.480 e. The van der Waals surface area contributed by atoms with Gasteiger partial charge in [0.15, 0.2) is 0 Å². The topological polar surface area (TPSA) is 69.6 Å². The number of carboxylic acids is 1. The predicted molar refractivity (Wildman–Crippen MR) is 79.2 cm³/mol. The number of hydrogen-bond acceptors (Lipinski definition) is 3. The van der Waals surface area contributed by atoms with E-state index in [4.69, 9.17) is 16.7 Å². The minimum Gasteiger partial charge on any atom is -0.480 e. The lowest BCUT2D eigenvalue weighted by Crippen LogP contribution is -2.42. The maximum atomic E-state index is 11.9. The molecule has 2 N–H and O–H groups in total. The van der Waals surface area contributed by atoms with E-state index in [1.807, 2.05) is 13.0 Å². The molecule has 0 heterocycles. The second-order valence-electron chi connectivity index (χ2n) is 4.68. The van der Waals surface area contributed by atoms with Crippen LogP contribution in [0, 0.1) is 6.92 Å². The number of benzene rings is 1. The fourth-order valence-corrected chi connectivity index (χ4v) is 2.10. The summed E-state index contributed by atoms with van der Waals surface area (Å²) in [5, 5.41) is 12.3. The highest BCUT2D eigenvalue weighted by molar-refractivity contribution is 6.31. The van der Waals surface area contributed by atoms with Crippen LogP contribution in [0.5, 0.6) is 0 Å². The predicted octanol–water partition coefficient (Wildman–Crippen LogP) is 2.38. The fraction of sp³-hybridized carbons (Fsp3) is 0.429. The van der Waals surface area contributed by atoms with Gasteiger partial charge in [0.05, 0.1) is 6.54 Å². The van der Waals surface area contributed by atoms with E-state index >= 15 is 0 Å². The van der Waals surface area contributed by atoms with Gasteiger partial charge in [0.1, 0.15) is 6.04 Å². The van der Waals surface area contributed by atoms with Crippen LogP contribution in [0.25, 0.3) is 0 Å². The van der Waals surface area contributed by atoms with Gasteiger partial charge >= 0.3 is 5.97 Å². The number of anilines is 1. The van der Waals surface area contributed by atoms with E-state index in [2.05, 4.69) is 5.32 Å². The van der Waals surface area contributed by atoms with Crippen LogP contribution in [0.1, 0.15) is 18.9 Å². The van der Waals surface area contributed by atoms with E-state index in [0.717, 1.165) is 5.56 Å². The van der Waals surface area contributed by atoms with Crippen LogP contribution in [0.3, 0.4) is 0 Å². The highest BCUT2D eigenvalue weighted by Gasteiger charge is 2.22. The van der Waals surface area contributed by atoms with Crippen LogP contribution in [0.4, 0.5) is 5.69 Å². The lowest BCUT2D eigenvalue weighted by atomic mass is 10.2. The number of halogens is 1. The highest BCUT2D eigenvalue weighted by atomic mass is 35.5. The first-order valence-corrected chi connectivity index (χ1v) is 6.72. The number of aryl methyl sites for hydroxylation is 1. The molecule has 1 amide bonds. The molecule has 1 rings (SSSR count). The number of nitrogens with zero attached hydrogens (tertiary/aromatic N) is 1. The smallest absolute Gasteiger partial charge is 0.320 e. The number of rotatable bonds is 6. The lowest BCUT2D eigenvalue weighted by Gasteiger charge is -2.22. The molecule has 0 bridgehead atoms. The minimum absolute atomic E-state index is 0.0107. The number of nitrogens with one attached hydrogen (secondary N) is 1. The Labute approximate surface area is 123 Å². The molecular weight excluding hydrogens is 280 g/mol. The van der Waals surface area contributed by atoms with E-state index in [1.165, 1.54) is 4.90 Å². The van der Waals surface area contributed by atoms with Crippen LogP contribution in [-0.4, -0.2) is 41.5 Å². The molecule has 6 heteroatoms. The van der Waals surface area contributed by atoms with Crippen molar-refractivity contribution in [3.63, 3.8) is 0 Å². The van der Waals surface area contributed by atoms with Crippen LogP contribution in [-0.2, 0) is 9.59 Å². The summed E-state index contributed by atoms with van der Waals surface area (Å²) in [7, 11) is 1.62. The summed E-state index contributed by atoms with van der Waals surface area (Å²) in [4.78, 5) is 24.5. The molecule has 1 aromatic rings. The molecule has 110 valence electrons. The normalized spacial score (nSPS) is 12.2.